The van der Waals surface area contributed by atoms with Gasteiger partial charge in [0.2, 0.25) is 0 Å². The summed E-state index contributed by atoms with van der Waals surface area (Å²) in [6, 6.07) is 72.7. The topological polar surface area (TPSA) is 38.0 Å². The lowest BCUT2D eigenvalue weighted by molar-refractivity contribution is 0.666. The average Bonchev–Trinajstić information content (AvgIpc) is 3.29. The number of hydrogen-bond acceptors (Lipinski definition) is 2. The van der Waals surface area contributed by atoms with Gasteiger partial charge in [0, 0.05) is 5.70 Å². The third-order valence-electron chi connectivity index (χ3n) is 12.1. The van der Waals surface area contributed by atoms with Crippen molar-refractivity contribution in [2.45, 2.75) is 12.6 Å². The lowest BCUT2D eigenvalue weighted by atomic mass is 9.88. The molecule has 58 heavy (non-hydrogen) atoms. The van der Waals surface area contributed by atoms with Gasteiger partial charge in [-0.15, -0.1) is 0 Å². The highest BCUT2D eigenvalue weighted by molar-refractivity contribution is 6.31. The van der Waals surface area contributed by atoms with Gasteiger partial charge in [-0.25, -0.2) is 0 Å². The molecule has 11 rings (SSSR count). The first-order valence-corrected chi connectivity index (χ1v) is 20.1. The Bertz CT molecular complexity index is 3400. The van der Waals surface area contributed by atoms with Crippen LogP contribution < -0.4 is 11.1 Å². The minimum absolute atomic E-state index is 0.383. The predicted molar refractivity (Wildman–Crippen MR) is 249 cm³/mol. The van der Waals surface area contributed by atoms with E-state index in [4.69, 9.17) is 5.73 Å². The van der Waals surface area contributed by atoms with Gasteiger partial charge in [-0.05, 0) is 122 Å². The van der Waals surface area contributed by atoms with E-state index in [2.05, 4.69) is 193 Å². The molecule has 3 N–H and O–H groups in total. The van der Waals surface area contributed by atoms with Crippen molar-refractivity contribution in [3.05, 3.63) is 223 Å². The van der Waals surface area contributed by atoms with Crippen LogP contribution in [0.15, 0.2) is 206 Å². The second-order valence-corrected chi connectivity index (χ2v) is 15.4. The summed E-state index contributed by atoms with van der Waals surface area (Å²) in [4.78, 5) is 0. The Morgan fingerprint density at radius 3 is 1.71 bits per heavy atom. The van der Waals surface area contributed by atoms with Crippen LogP contribution >= 0.6 is 0 Å². The first kappa shape index (κ1) is 34.0. The van der Waals surface area contributed by atoms with Crippen LogP contribution in [0.5, 0.6) is 0 Å². The number of fused-ring (bicyclic) bond motifs is 12. The van der Waals surface area contributed by atoms with Crippen LogP contribution in [0.3, 0.4) is 0 Å². The van der Waals surface area contributed by atoms with E-state index in [1.54, 1.807) is 0 Å². The van der Waals surface area contributed by atoms with Gasteiger partial charge >= 0.3 is 0 Å². The van der Waals surface area contributed by atoms with E-state index < -0.39 is 0 Å². The maximum Gasteiger partial charge on any atom is 0.101 e. The van der Waals surface area contributed by atoms with Gasteiger partial charge in [0.25, 0.3) is 0 Å². The SMILES string of the molecule is NC(N/C(=C\Cc1cc2c3ccccc3c3ccccc3c2c2ccccc12)c1ccc(-c2c3ccccc3cc3c2ccc2ccccc23)cc1)c1ccccc1. The molecule has 0 aromatic heterocycles. The van der Waals surface area contributed by atoms with E-state index in [9.17, 15) is 0 Å². The van der Waals surface area contributed by atoms with Gasteiger partial charge in [0.15, 0.2) is 0 Å². The summed E-state index contributed by atoms with van der Waals surface area (Å²) in [5.41, 5.74) is 13.8. The van der Waals surface area contributed by atoms with Gasteiger partial charge in [0.1, 0.15) is 6.17 Å². The molecule has 274 valence electrons. The molecule has 0 heterocycles. The maximum atomic E-state index is 6.92. The molecule has 1 atom stereocenters. The minimum Gasteiger partial charge on any atom is -0.366 e. The van der Waals surface area contributed by atoms with E-state index in [-0.39, 0.29) is 6.17 Å². The molecule has 0 radical (unpaired) electrons. The van der Waals surface area contributed by atoms with Crippen LogP contribution in [-0.2, 0) is 6.42 Å². The highest BCUT2D eigenvalue weighted by Gasteiger charge is 2.16. The Morgan fingerprint density at radius 2 is 0.983 bits per heavy atom. The van der Waals surface area contributed by atoms with Crippen LogP contribution in [0.1, 0.15) is 22.9 Å². The summed E-state index contributed by atoms with van der Waals surface area (Å²) in [7, 11) is 0. The maximum absolute atomic E-state index is 6.92. The molecule has 11 aromatic carbocycles. The van der Waals surface area contributed by atoms with Crippen molar-refractivity contribution in [3.8, 4) is 11.1 Å². The number of benzene rings is 11. The van der Waals surface area contributed by atoms with Crippen molar-refractivity contribution in [2.75, 3.05) is 0 Å². The number of nitrogens with one attached hydrogen (secondary N) is 1. The molecule has 0 aliphatic rings. The summed E-state index contributed by atoms with van der Waals surface area (Å²) >= 11 is 0. The monoisotopic (exact) mass is 740 g/mol. The Hall–Kier alpha value is -7.26. The Morgan fingerprint density at radius 1 is 0.431 bits per heavy atom. The number of hydrogen-bond donors (Lipinski definition) is 2. The predicted octanol–water partition coefficient (Wildman–Crippen LogP) is 14.3. The normalized spacial score (nSPS) is 12.7. The van der Waals surface area contributed by atoms with Gasteiger partial charge in [-0.2, -0.15) is 0 Å². The zero-order valence-corrected chi connectivity index (χ0v) is 32.0. The van der Waals surface area contributed by atoms with E-state index >= 15 is 0 Å². The van der Waals surface area contributed by atoms with Crippen LogP contribution in [0.25, 0.3) is 92.2 Å². The molecule has 0 saturated heterocycles. The zero-order valence-electron chi connectivity index (χ0n) is 32.0. The summed E-state index contributed by atoms with van der Waals surface area (Å²) in [6.45, 7) is 0. The van der Waals surface area contributed by atoms with Crippen molar-refractivity contribution < 1.29 is 0 Å². The number of nitrogens with two attached hydrogens (primary N) is 1. The van der Waals surface area contributed by atoms with E-state index in [0.717, 1.165) is 23.2 Å². The van der Waals surface area contributed by atoms with E-state index in [1.165, 1.54) is 92.1 Å². The third kappa shape index (κ3) is 5.69. The Kier molecular flexibility index (Phi) is 8.24. The molecule has 2 heteroatoms. The number of rotatable bonds is 7. The van der Waals surface area contributed by atoms with Crippen LogP contribution in [0.4, 0.5) is 0 Å². The van der Waals surface area contributed by atoms with Crippen molar-refractivity contribution in [1.82, 2.24) is 5.32 Å². The Labute approximate surface area is 337 Å². The molecular weight excluding hydrogens is 701 g/mol. The van der Waals surface area contributed by atoms with Crippen molar-refractivity contribution in [2.24, 2.45) is 5.73 Å². The van der Waals surface area contributed by atoms with E-state index in [1.807, 2.05) is 18.2 Å². The lowest BCUT2D eigenvalue weighted by Crippen LogP contribution is -2.27. The number of allylic oxidation sites excluding steroid dienone is 1. The molecule has 0 bridgehead atoms. The fourth-order valence-electron chi connectivity index (χ4n) is 9.34. The van der Waals surface area contributed by atoms with Crippen molar-refractivity contribution >= 4 is 81.1 Å². The fourth-order valence-corrected chi connectivity index (χ4v) is 9.34. The van der Waals surface area contributed by atoms with Crippen molar-refractivity contribution in [1.29, 1.82) is 0 Å². The third-order valence-corrected chi connectivity index (χ3v) is 12.1. The summed E-state index contributed by atoms with van der Waals surface area (Å²) in [5.74, 6) is 0. The summed E-state index contributed by atoms with van der Waals surface area (Å²) in [5, 5.41) is 21.6. The largest absolute Gasteiger partial charge is 0.366 e. The second kappa shape index (κ2) is 14.0. The van der Waals surface area contributed by atoms with Crippen LogP contribution in [-0.4, -0.2) is 0 Å². The smallest absolute Gasteiger partial charge is 0.101 e. The van der Waals surface area contributed by atoms with Gasteiger partial charge in [0.05, 0.1) is 0 Å². The minimum atomic E-state index is -0.383. The van der Waals surface area contributed by atoms with Gasteiger partial charge < -0.3 is 11.1 Å². The summed E-state index contributed by atoms with van der Waals surface area (Å²) in [6.07, 6.45) is 2.67. The quantitative estimate of drug-likeness (QED) is 0.0970. The average molecular weight is 741 g/mol. The van der Waals surface area contributed by atoms with Crippen molar-refractivity contribution in [3.63, 3.8) is 0 Å². The zero-order chi connectivity index (χ0) is 38.6. The summed E-state index contributed by atoms with van der Waals surface area (Å²) < 4.78 is 0. The van der Waals surface area contributed by atoms with Crippen LogP contribution in [0.2, 0.25) is 0 Å². The molecule has 2 nitrogen and oxygen atoms in total. The second-order valence-electron chi connectivity index (χ2n) is 15.4. The molecular formula is C56H40N2. The molecule has 0 fully saturated rings. The molecule has 11 aromatic rings. The first-order chi connectivity index (χ1) is 28.7. The molecule has 0 aliphatic carbocycles. The standard InChI is InChI=1S/C56H40N2/c57-56(39-15-2-1-3-16-39)58-53(33-31-41-35-52-47-23-10-9-21-45(47)46-22-11-13-25-49(46)55(52)48-24-12-8-19-43(41)48)37-26-28-38(29-27-37)54-44-20-7-5-17-40(44)34-51-42-18-6-4-14-36(42)30-32-50(51)54/h1-30,32-35,56,58H,31,57H2/b53-33-. The van der Waals surface area contributed by atoms with Gasteiger partial charge in [-0.1, -0.05) is 194 Å². The highest BCUT2D eigenvalue weighted by Crippen LogP contribution is 2.42. The first-order valence-electron chi connectivity index (χ1n) is 20.1. The van der Waals surface area contributed by atoms with E-state index in [0.29, 0.717) is 0 Å². The lowest BCUT2D eigenvalue weighted by Gasteiger charge is -2.20. The highest BCUT2D eigenvalue weighted by atomic mass is 15.0. The molecule has 1 unspecified atom stereocenters. The van der Waals surface area contributed by atoms with Crippen LogP contribution in [0, 0.1) is 0 Å². The molecule has 0 saturated carbocycles. The molecule has 0 amide bonds. The molecule has 0 spiro atoms. The fraction of sp³-hybridized carbons (Fsp3) is 0.0357. The van der Waals surface area contributed by atoms with Gasteiger partial charge in [-0.3, -0.25) is 0 Å². The molecule has 0 aliphatic heterocycles. The Balaban J connectivity index is 1.06.